The molecule has 3 heterocycles. The molecule has 1 aliphatic heterocycles. The second kappa shape index (κ2) is 7.00. The quantitative estimate of drug-likeness (QED) is 0.747. The Bertz CT molecular complexity index is 918. The molecular weight excluding hydrogens is 328 g/mol. The lowest BCUT2D eigenvalue weighted by Crippen LogP contribution is -2.36. The van der Waals surface area contributed by atoms with Crippen LogP contribution in [0.5, 0.6) is 0 Å². The van der Waals surface area contributed by atoms with Crippen LogP contribution in [0.15, 0.2) is 45.2 Å². The third kappa shape index (κ3) is 3.15. The van der Waals surface area contributed by atoms with Crippen LogP contribution in [0.25, 0.3) is 11.0 Å². The first-order valence-electron chi connectivity index (χ1n) is 9.20. The number of amides is 1. The van der Waals surface area contributed by atoms with E-state index < -0.39 is 0 Å². The van der Waals surface area contributed by atoms with Gasteiger partial charge in [0.1, 0.15) is 17.1 Å². The molecule has 1 aromatic carbocycles. The Morgan fingerprint density at radius 2 is 1.88 bits per heavy atom. The van der Waals surface area contributed by atoms with Gasteiger partial charge in [-0.2, -0.15) is 0 Å². The average molecular weight is 352 g/mol. The first kappa shape index (κ1) is 16.9. The largest absolute Gasteiger partial charge is 0.465 e. The second-order valence-electron chi connectivity index (χ2n) is 6.97. The van der Waals surface area contributed by atoms with E-state index in [1.54, 1.807) is 0 Å². The maximum Gasteiger partial charge on any atom is 0.287 e. The summed E-state index contributed by atoms with van der Waals surface area (Å²) in [5.41, 5.74) is 1.62. The molecule has 136 valence electrons. The summed E-state index contributed by atoms with van der Waals surface area (Å²) in [7, 11) is 0. The Labute approximate surface area is 153 Å². The highest BCUT2D eigenvalue weighted by molar-refractivity contribution is 5.98. The number of furan rings is 2. The van der Waals surface area contributed by atoms with Gasteiger partial charge in [-0.05, 0) is 58.0 Å². The van der Waals surface area contributed by atoms with Gasteiger partial charge in [0, 0.05) is 17.5 Å². The summed E-state index contributed by atoms with van der Waals surface area (Å²) in [6, 6.07) is 11.8. The molecule has 4 rings (SSSR count). The van der Waals surface area contributed by atoms with E-state index >= 15 is 0 Å². The van der Waals surface area contributed by atoms with Crippen molar-refractivity contribution in [1.29, 1.82) is 0 Å². The Hall–Kier alpha value is -2.53. The monoisotopic (exact) mass is 352 g/mol. The lowest BCUT2D eigenvalue weighted by molar-refractivity contribution is 0.0907. The predicted octanol–water partition coefficient (Wildman–Crippen LogP) is 4.21. The minimum Gasteiger partial charge on any atom is -0.465 e. The summed E-state index contributed by atoms with van der Waals surface area (Å²) < 4.78 is 11.6. The summed E-state index contributed by atoms with van der Waals surface area (Å²) in [6.45, 7) is 6.44. The van der Waals surface area contributed by atoms with Gasteiger partial charge in [0.25, 0.3) is 5.91 Å². The maximum absolute atomic E-state index is 12.7. The first-order chi connectivity index (χ1) is 12.6. The molecule has 1 atom stereocenters. The number of benzene rings is 1. The van der Waals surface area contributed by atoms with Crippen LogP contribution in [0, 0.1) is 13.8 Å². The normalized spacial score (nSPS) is 16.2. The van der Waals surface area contributed by atoms with Crippen molar-refractivity contribution in [3.05, 3.63) is 59.2 Å². The van der Waals surface area contributed by atoms with Crippen LogP contribution in [-0.2, 0) is 0 Å². The Balaban J connectivity index is 1.52. The topological polar surface area (TPSA) is 58.6 Å². The highest BCUT2D eigenvalue weighted by Crippen LogP contribution is 2.27. The summed E-state index contributed by atoms with van der Waals surface area (Å²) in [6.07, 6.45) is 2.37. The molecule has 5 heteroatoms. The summed E-state index contributed by atoms with van der Waals surface area (Å²) in [4.78, 5) is 15.1. The zero-order valence-corrected chi connectivity index (χ0v) is 15.2. The van der Waals surface area contributed by atoms with E-state index in [-0.39, 0.29) is 11.9 Å². The van der Waals surface area contributed by atoms with Crippen molar-refractivity contribution in [2.24, 2.45) is 0 Å². The number of likely N-dealkylation sites (tertiary alicyclic amines) is 1. The van der Waals surface area contributed by atoms with E-state index in [1.807, 2.05) is 50.2 Å². The molecule has 3 aromatic rings. The standard InChI is InChI=1S/C21H24N2O3/c1-14-9-10-19(25-14)17(23-11-5-6-12-23)13-22-21(24)20-15(2)16-7-3-4-8-18(16)26-20/h3-4,7-10,17H,5-6,11-13H2,1-2H3,(H,22,24). The highest BCUT2D eigenvalue weighted by Gasteiger charge is 2.27. The van der Waals surface area contributed by atoms with E-state index in [2.05, 4.69) is 10.2 Å². The van der Waals surface area contributed by atoms with Gasteiger partial charge in [-0.15, -0.1) is 0 Å². The summed E-state index contributed by atoms with van der Waals surface area (Å²) in [5.74, 6) is 2.02. The maximum atomic E-state index is 12.7. The highest BCUT2D eigenvalue weighted by atomic mass is 16.3. The molecular formula is C21H24N2O3. The Kier molecular flexibility index (Phi) is 4.55. The number of nitrogens with zero attached hydrogens (tertiary/aromatic N) is 1. The zero-order chi connectivity index (χ0) is 18.1. The van der Waals surface area contributed by atoms with Gasteiger partial charge in [-0.25, -0.2) is 0 Å². The van der Waals surface area contributed by atoms with E-state index in [0.29, 0.717) is 12.3 Å². The number of fused-ring (bicyclic) bond motifs is 1. The van der Waals surface area contributed by atoms with Crippen molar-refractivity contribution in [3.63, 3.8) is 0 Å². The number of rotatable bonds is 5. The number of hydrogen-bond donors (Lipinski definition) is 1. The fourth-order valence-electron chi connectivity index (χ4n) is 3.76. The summed E-state index contributed by atoms with van der Waals surface area (Å²) in [5, 5.41) is 4.03. The molecule has 26 heavy (non-hydrogen) atoms. The van der Waals surface area contributed by atoms with Crippen LogP contribution >= 0.6 is 0 Å². The van der Waals surface area contributed by atoms with Gasteiger partial charge in [0.05, 0.1) is 6.04 Å². The number of para-hydroxylation sites is 1. The molecule has 2 aromatic heterocycles. The van der Waals surface area contributed by atoms with Gasteiger partial charge < -0.3 is 14.2 Å². The molecule has 0 spiro atoms. The lowest BCUT2D eigenvalue weighted by Gasteiger charge is -2.25. The third-order valence-electron chi connectivity index (χ3n) is 5.18. The number of carbonyl (C=O) groups is 1. The smallest absolute Gasteiger partial charge is 0.287 e. The van der Waals surface area contributed by atoms with E-state index in [4.69, 9.17) is 8.83 Å². The second-order valence-corrected chi connectivity index (χ2v) is 6.97. The predicted molar refractivity (Wildman–Crippen MR) is 100 cm³/mol. The number of carbonyl (C=O) groups excluding carboxylic acids is 1. The first-order valence-corrected chi connectivity index (χ1v) is 9.20. The van der Waals surface area contributed by atoms with Gasteiger partial charge in [0.15, 0.2) is 5.76 Å². The molecule has 0 aliphatic carbocycles. The van der Waals surface area contributed by atoms with Crippen LogP contribution in [0.3, 0.4) is 0 Å². The number of aryl methyl sites for hydroxylation is 2. The molecule has 5 nitrogen and oxygen atoms in total. The van der Waals surface area contributed by atoms with Crippen LogP contribution in [0.4, 0.5) is 0 Å². The zero-order valence-electron chi connectivity index (χ0n) is 15.2. The molecule has 1 saturated heterocycles. The molecule has 1 fully saturated rings. The Morgan fingerprint density at radius 1 is 1.12 bits per heavy atom. The lowest BCUT2D eigenvalue weighted by atomic mass is 10.1. The van der Waals surface area contributed by atoms with Crippen molar-refractivity contribution in [1.82, 2.24) is 10.2 Å². The van der Waals surface area contributed by atoms with E-state index in [0.717, 1.165) is 41.1 Å². The van der Waals surface area contributed by atoms with E-state index in [9.17, 15) is 4.79 Å². The van der Waals surface area contributed by atoms with Crippen LogP contribution in [-0.4, -0.2) is 30.4 Å². The molecule has 0 bridgehead atoms. The van der Waals surface area contributed by atoms with Crippen molar-refractivity contribution in [2.75, 3.05) is 19.6 Å². The summed E-state index contributed by atoms with van der Waals surface area (Å²) >= 11 is 0. The molecule has 0 radical (unpaired) electrons. The number of nitrogens with one attached hydrogen (secondary N) is 1. The fourth-order valence-corrected chi connectivity index (χ4v) is 3.76. The number of hydrogen-bond acceptors (Lipinski definition) is 4. The SMILES string of the molecule is Cc1ccc(C(CNC(=O)c2oc3ccccc3c2C)N2CCCC2)o1. The third-order valence-corrected chi connectivity index (χ3v) is 5.18. The van der Waals surface area contributed by atoms with Gasteiger partial charge >= 0.3 is 0 Å². The fraction of sp³-hybridized carbons (Fsp3) is 0.381. The van der Waals surface area contributed by atoms with Crippen molar-refractivity contribution < 1.29 is 13.6 Å². The van der Waals surface area contributed by atoms with Gasteiger partial charge in [-0.3, -0.25) is 9.69 Å². The van der Waals surface area contributed by atoms with Crippen molar-refractivity contribution >= 4 is 16.9 Å². The molecule has 1 aliphatic rings. The van der Waals surface area contributed by atoms with Crippen molar-refractivity contribution in [2.45, 2.75) is 32.7 Å². The minimum atomic E-state index is -0.175. The van der Waals surface area contributed by atoms with Gasteiger partial charge in [-0.1, -0.05) is 18.2 Å². The molecule has 0 saturated carbocycles. The minimum absolute atomic E-state index is 0.0554. The average Bonchev–Trinajstić information content (AvgIpc) is 3.37. The van der Waals surface area contributed by atoms with E-state index in [1.165, 1.54) is 12.8 Å². The van der Waals surface area contributed by atoms with Crippen LogP contribution < -0.4 is 5.32 Å². The van der Waals surface area contributed by atoms with Crippen LogP contribution in [0.1, 0.15) is 46.5 Å². The Morgan fingerprint density at radius 3 is 2.58 bits per heavy atom. The molecule has 1 unspecified atom stereocenters. The van der Waals surface area contributed by atoms with Crippen molar-refractivity contribution in [3.8, 4) is 0 Å². The van der Waals surface area contributed by atoms with Gasteiger partial charge in [0.2, 0.25) is 0 Å². The molecule has 1 amide bonds. The molecule has 1 N–H and O–H groups in total. The van der Waals surface area contributed by atoms with Crippen LogP contribution in [0.2, 0.25) is 0 Å².